The van der Waals surface area contributed by atoms with E-state index in [9.17, 15) is 4.79 Å². The number of rotatable bonds is 8. The number of hydrogen-bond acceptors (Lipinski definition) is 4. The number of hydrogen-bond donors (Lipinski definition) is 2. The van der Waals surface area contributed by atoms with Gasteiger partial charge in [-0.05, 0) is 73.1 Å². The molecule has 1 aliphatic heterocycles. The molecule has 0 unspecified atom stereocenters. The number of aromatic amines is 1. The topological polar surface area (TPSA) is 60.6 Å². The highest BCUT2D eigenvalue weighted by Gasteiger charge is 2.16. The summed E-state index contributed by atoms with van der Waals surface area (Å²) in [5, 5.41) is 5.16. The van der Waals surface area contributed by atoms with Crippen LogP contribution in [0.25, 0.3) is 10.9 Å². The van der Waals surface area contributed by atoms with E-state index in [0.717, 1.165) is 73.9 Å². The molecule has 3 rings (SSSR count). The molecule has 7 heteroatoms. The highest BCUT2D eigenvalue weighted by Crippen LogP contribution is 2.18. The summed E-state index contributed by atoms with van der Waals surface area (Å²) in [6.07, 6.45) is 0.993. The predicted molar refractivity (Wildman–Crippen MR) is 132 cm³/mol. The fourth-order valence-electron chi connectivity index (χ4n) is 3.81. The van der Waals surface area contributed by atoms with Gasteiger partial charge in [-0.25, -0.2) is 0 Å². The molecule has 0 bridgehead atoms. The summed E-state index contributed by atoms with van der Waals surface area (Å²) in [5.74, 6) is 0.503. The Hall–Kier alpha value is -1.96. The lowest BCUT2D eigenvalue weighted by molar-refractivity contribution is 0.0367. The molecule has 31 heavy (non-hydrogen) atoms. The first-order chi connectivity index (χ1) is 14.8. The number of thiocarbonyl (C=S) groups is 1. The summed E-state index contributed by atoms with van der Waals surface area (Å²) in [5.41, 5.74) is 3.99. The molecule has 1 aromatic heterocycles. The summed E-state index contributed by atoms with van der Waals surface area (Å²) in [6.45, 7) is 15.2. The quantitative estimate of drug-likeness (QED) is 0.610. The number of morpholine rings is 1. The van der Waals surface area contributed by atoms with Crippen LogP contribution in [0.15, 0.2) is 23.0 Å². The zero-order valence-electron chi connectivity index (χ0n) is 19.3. The van der Waals surface area contributed by atoms with Gasteiger partial charge in [-0.15, -0.1) is 0 Å². The third-order valence-corrected chi connectivity index (χ3v) is 6.25. The fraction of sp³-hybridized carbons (Fsp3) is 0.583. The molecule has 1 fully saturated rings. The molecule has 1 aromatic carbocycles. The minimum atomic E-state index is -0.0411. The lowest BCUT2D eigenvalue weighted by atomic mass is 10.0. The smallest absolute Gasteiger partial charge is 0.253 e. The Kier molecular flexibility index (Phi) is 8.46. The molecule has 0 amide bonds. The Labute approximate surface area is 191 Å². The van der Waals surface area contributed by atoms with E-state index in [4.69, 9.17) is 17.0 Å². The first-order valence-corrected chi connectivity index (χ1v) is 11.7. The monoisotopic (exact) mass is 444 g/mol. The Morgan fingerprint density at radius 3 is 2.65 bits per heavy atom. The molecule has 2 N–H and O–H groups in total. The molecule has 6 nitrogen and oxygen atoms in total. The minimum Gasteiger partial charge on any atom is -0.379 e. The molecule has 0 spiro atoms. The van der Waals surface area contributed by atoms with Gasteiger partial charge in [0.2, 0.25) is 0 Å². The molecule has 0 saturated carbocycles. The van der Waals surface area contributed by atoms with Crippen molar-refractivity contribution in [3.63, 3.8) is 0 Å². The lowest BCUT2D eigenvalue weighted by Gasteiger charge is -2.30. The second-order valence-electron chi connectivity index (χ2n) is 8.96. The van der Waals surface area contributed by atoms with Gasteiger partial charge >= 0.3 is 0 Å². The number of aromatic nitrogens is 1. The summed E-state index contributed by atoms with van der Waals surface area (Å²) in [7, 11) is 0. The maximum atomic E-state index is 12.8. The van der Waals surface area contributed by atoms with Crippen LogP contribution in [-0.4, -0.2) is 65.8 Å². The summed E-state index contributed by atoms with van der Waals surface area (Å²) in [4.78, 5) is 20.4. The SMILES string of the molecule is Cc1cc2cc(CN(CCCN3CCOCC3)C(=S)NCC(C)C)c(=O)[nH]c2cc1C. The van der Waals surface area contributed by atoms with Crippen LogP contribution >= 0.6 is 12.2 Å². The molecule has 1 aliphatic rings. The van der Waals surface area contributed by atoms with Crippen LogP contribution in [-0.2, 0) is 11.3 Å². The fourth-order valence-corrected chi connectivity index (χ4v) is 4.05. The molecule has 2 aromatic rings. The third-order valence-electron chi connectivity index (χ3n) is 5.85. The van der Waals surface area contributed by atoms with Crippen molar-refractivity contribution in [3.05, 3.63) is 45.2 Å². The second-order valence-corrected chi connectivity index (χ2v) is 9.34. The van der Waals surface area contributed by atoms with E-state index in [1.807, 2.05) is 12.1 Å². The average molecular weight is 445 g/mol. The number of ether oxygens (including phenoxy) is 1. The Morgan fingerprint density at radius 2 is 1.94 bits per heavy atom. The Bertz CT molecular complexity index is 950. The van der Waals surface area contributed by atoms with Gasteiger partial charge in [0.25, 0.3) is 5.56 Å². The normalized spacial score (nSPS) is 14.9. The largest absolute Gasteiger partial charge is 0.379 e. The van der Waals surface area contributed by atoms with Gasteiger partial charge in [-0.3, -0.25) is 9.69 Å². The number of nitrogens with zero attached hydrogens (tertiary/aromatic N) is 2. The molecule has 0 atom stereocenters. The zero-order chi connectivity index (χ0) is 22.4. The van der Waals surface area contributed by atoms with Gasteiger partial charge in [-0.2, -0.15) is 0 Å². The number of pyridine rings is 1. The molecule has 1 saturated heterocycles. The Morgan fingerprint density at radius 1 is 1.23 bits per heavy atom. The molecule has 0 radical (unpaired) electrons. The number of H-pyrrole nitrogens is 1. The van der Waals surface area contributed by atoms with Crippen molar-refractivity contribution < 1.29 is 4.74 Å². The van der Waals surface area contributed by atoms with Crippen LogP contribution in [0.4, 0.5) is 0 Å². The van der Waals surface area contributed by atoms with Crippen molar-refractivity contribution in [1.82, 2.24) is 20.1 Å². The van der Waals surface area contributed by atoms with E-state index >= 15 is 0 Å². The summed E-state index contributed by atoms with van der Waals surface area (Å²) in [6, 6.07) is 6.20. The molecular formula is C24H36N4O2S. The standard InChI is InChI=1S/C24H36N4O2S/c1-17(2)15-25-24(31)28(7-5-6-27-8-10-30-11-9-27)16-21-14-20-12-18(3)19(4)13-22(20)26-23(21)29/h12-14,17H,5-11,15-16H2,1-4H3,(H,25,31)(H,26,29). The van der Waals surface area contributed by atoms with Crippen LogP contribution in [0.5, 0.6) is 0 Å². The number of aryl methyl sites for hydroxylation is 2. The lowest BCUT2D eigenvalue weighted by Crippen LogP contribution is -2.43. The maximum Gasteiger partial charge on any atom is 0.253 e. The Balaban J connectivity index is 1.74. The summed E-state index contributed by atoms with van der Waals surface area (Å²) < 4.78 is 5.44. The summed E-state index contributed by atoms with van der Waals surface area (Å²) >= 11 is 5.71. The van der Waals surface area contributed by atoms with Crippen molar-refractivity contribution in [2.24, 2.45) is 5.92 Å². The highest BCUT2D eigenvalue weighted by atomic mass is 32.1. The van der Waals surface area contributed by atoms with E-state index in [-0.39, 0.29) is 5.56 Å². The van der Waals surface area contributed by atoms with Crippen molar-refractivity contribution in [3.8, 4) is 0 Å². The van der Waals surface area contributed by atoms with Gasteiger partial charge in [0, 0.05) is 43.8 Å². The van der Waals surface area contributed by atoms with E-state index in [1.54, 1.807) is 0 Å². The number of benzene rings is 1. The average Bonchev–Trinajstić information content (AvgIpc) is 2.74. The van der Waals surface area contributed by atoms with Crippen LogP contribution < -0.4 is 10.9 Å². The van der Waals surface area contributed by atoms with E-state index in [1.165, 1.54) is 11.1 Å². The highest BCUT2D eigenvalue weighted by molar-refractivity contribution is 7.80. The zero-order valence-corrected chi connectivity index (χ0v) is 20.1. The third kappa shape index (κ3) is 6.76. The van der Waals surface area contributed by atoms with E-state index in [0.29, 0.717) is 12.5 Å². The van der Waals surface area contributed by atoms with Gasteiger partial charge in [0.15, 0.2) is 5.11 Å². The van der Waals surface area contributed by atoms with Gasteiger partial charge in [0.05, 0.1) is 19.8 Å². The van der Waals surface area contributed by atoms with Crippen LogP contribution in [0.2, 0.25) is 0 Å². The van der Waals surface area contributed by atoms with Crippen molar-refractivity contribution in [2.45, 2.75) is 40.7 Å². The first-order valence-electron chi connectivity index (χ1n) is 11.3. The second kappa shape index (κ2) is 11.1. The number of fused-ring (bicyclic) bond motifs is 1. The van der Waals surface area contributed by atoms with E-state index in [2.05, 4.69) is 53.9 Å². The molecular weight excluding hydrogens is 408 g/mol. The van der Waals surface area contributed by atoms with Crippen LogP contribution in [0.3, 0.4) is 0 Å². The minimum absolute atomic E-state index is 0.0411. The first kappa shape index (κ1) is 23.7. The van der Waals surface area contributed by atoms with Gasteiger partial charge in [-0.1, -0.05) is 13.8 Å². The van der Waals surface area contributed by atoms with Crippen molar-refractivity contribution in [2.75, 3.05) is 45.9 Å². The van der Waals surface area contributed by atoms with Gasteiger partial charge < -0.3 is 19.9 Å². The maximum absolute atomic E-state index is 12.8. The predicted octanol–water partition coefficient (Wildman–Crippen LogP) is 3.20. The molecule has 0 aliphatic carbocycles. The van der Waals surface area contributed by atoms with E-state index < -0.39 is 0 Å². The number of nitrogens with one attached hydrogen (secondary N) is 2. The van der Waals surface area contributed by atoms with Crippen molar-refractivity contribution in [1.29, 1.82) is 0 Å². The molecule has 2 heterocycles. The van der Waals surface area contributed by atoms with Crippen LogP contribution in [0, 0.1) is 19.8 Å². The van der Waals surface area contributed by atoms with Crippen molar-refractivity contribution >= 4 is 28.2 Å². The molecule has 170 valence electrons. The van der Waals surface area contributed by atoms with Gasteiger partial charge in [0.1, 0.15) is 0 Å². The van der Waals surface area contributed by atoms with Crippen LogP contribution in [0.1, 0.15) is 37.0 Å².